The van der Waals surface area contributed by atoms with E-state index in [9.17, 15) is 9.59 Å². The van der Waals surface area contributed by atoms with E-state index in [0.717, 1.165) is 11.1 Å². The summed E-state index contributed by atoms with van der Waals surface area (Å²) in [5.41, 5.74) is 2.57. The van der Waals surface area contributed by atoms with E-state index in [4.69, 9.17) is 9.47 Å². The van der Waals surface area contributed by atoms with Crippen LogP contribution in [-0.4, -0.2) is 26.0 Å². The highest BCUT2D eigenvalue weighted by atomic mass is 16.5. The van der Waals surface area contributed by atoms with Crippen LogP contribution in [0.5, 0.6) is 11.5 Å². The molecule has 0 bridgehead atoms. The molecule has 30 heavy (non-hydrogen) atoms. The van der Waals surface area contributed by atoms with Crippen LogP contribution in [0, 0.1) is 0 Å². The van der Waals surface area contributed by atoms with E-state index in [1.807, 2.05) is 48.5 Å². The van der Waals surface area contributed by atoms with Crippen molar-refractivity contribution >= 4 is 11.8 Å². The molecule has 0 saturated heterocycles. The Morgan fingerprint density at radius 2 is 1.10 bits per heavy atom. The summed E-state index contributed by atoms with van der Waals surface area (Å²) in [5, 5.41) is 5.72. The molecular weight excluding hydrogens is 380 g/mol. The van der Waals surface area contributed by atoms with Gasteiger partial charge >= 0.3 is 0 Å². The highest BCUT2D eigenvalue weighted by Gasteiger charge is 2.12. The summed E-state index contributed by atoms with van der Waals surface area (Å²) in [6.45, 7) is 0.653. The van der Waals surface area contributed by atoms with Crippen LogP contribution in [-0.2, 0) is 13.1 Å². The molecule has 0 heterocycles. The lowest BCUT2D eigenvalue weighted by Crippen LogP contribution is -2.25. The minimum atomic E-state index is -0.264. The molecule has 2 amide bonds. The SMILES string of the molecule is COc1ccccc1CNC(=O)c1cccc(C(=O)NCc2ccccc2OC)c1. The molecule has 0 aliphatic heterocycles. The van der Waals surface area contributed by atoms with E-state index in [2.05, 4.69) is 10.6 Å². The van der Waals surface area contributed by atoms with Gasteiger partial charge in [-0.25, -0.2) is 0 Å². The second-order valence-electron chi connectivity index (χ2n) is 6.57. The Bertz CT molecular complexity index is 954. The first-order valence-corrected chi connectivity index (χ1v) is 9.52. The number of benzene rings is 3. The third-order valence-corrected chi connectivity index (χ3v) is 4.65. The van der Waals surface area contributed by atoms with Crippen LogP contribution in [0.4, 0.5) is 0 Å². The van der Waals surface area contributed by atoms with Gasteiger partial charge in [-0.3, -0.25) is 9.59 Å². The lowest BCUT2D eigenvalue weighted by molar-refractivity contribution is 0.0950. The molecule has 6 nitrogen and oxygen atoms in total. The zero-order valence-electron chi connectivity index (χ0n) is 17.0. The standard InChI is InChI=1S/C24H24N2O4/c1-29-21-12-5-3-8-19(21)15-25-23(27)17-10-7-11-18(14-17)24(28)26-16-20-9-4-6-13-22(20)30-2/h3-14H,15-16H2,1-2H3,(H,25,27)(H,26,28). The van der Waals surface area contributed by atoms with Gasteiger partial charge in [0.05, 0.1) is 14.2 Å². The lowest BCUT2D eigenvalue weighted by atomic mass is 10.1. The highest BCUT2D eigenvalue weighted by Crippen LogP contribution is 2.18. The Hall–Kier alpha value is -3.80. The zero-order valence-corrected chi connectivity index (χ0v) is 17.0. The maximum Gasteiger partial charge on any atom is 0.251 e. The molecule has 2 N–H and O–H groups in total. The van der Waals surface area contributed by atoms with Gasteiger partial charge < -0.3 is 20.1 Å². The molecule has 0 aliphatic rings. The number of methoxy groups -OCH3 is 2. The van der Waals surface area contributed by atoms with Crippen molar-refractivity contribution in [2.24, 2.45) is 0 Å². The van der Waals surface area contributed by atoms with E-state index in [0.29, 0.717) is 35.7 Å². The van der Waals surface area contributed by atoms with Crippen molar-refractivity contribution in [1.29, 1.82) is 0 Å². The number of hydrogen-bond acceptors (Lipinski definition) is 4. The molecule has 0 radical (unpaired) electrons. The van der Waals surface area contributed by atoms with Crippen molar-refractivity contribution in [2.75, 3.05) is 14.2 Å². The monoisotopic (exact) mass is 404 g/mol. The van der Waals surface area contributed by atoms with Crippen LogP contribution < -0.4 is 20.1 Å². The fourth-order valence-corrected chi connectivity index (χ4v) is 3.05. The van der Waals surface area contributed by atoms with E-state index < -0.39 is 0 Å². The van der Waals surface area contributed by atoms with E-state index in [1.54, 1.807) is 38.5 Å². The summed E-state index contributed by atoms with van der Waals surface area (Å²) in [5.74, 6) is 0.894. The average Bonchev–Trinajstić information content (AvgIpc) is 2.81. The minimum absolute atomic E-state index is 0.264. The fraction of sp³-hybridized carbons (Fsp3) is 0.167. The Morgan fingerprint density at radius 1 is 0.667 bits per heavy atom. The predicted molar refractivity (Wildman–Crippen MR) is 115 cm³/mol. The predicted octanol–water partition coefficient (Wildman–Crippen LogP) is 3.56. The highest BCUT2D eigenvalue weighted by molar-refractivity contribution is 5.99. The largest absolute Gasteiger partial charge is 0.496 e. The first-order valence-electron chi connectivity index (χ1n) is 9.52. The van der Waals surface area contributed by atoms with Gasteiger partial charge in [-0.15, -0.1) is 0 Å². The summed E-state index contributed by atoms with van der Waals surface area (Å²) in [4.78, 5) is 25.1. The van der Waals surface area contributed by atoms with Gasteiger partial charge in [-0.05, 0) is 30.3 Å². The molecule has 0 aliphatic carbocycles. The van der Waals surface area contributed by atoms with Crippen molar-refractivity contribution in [3.63, 3.8) is 0 Å². The van der Waals surface area contributed by atoms with Crippen molar-refractivity contribution in [2.45, 2.75) is 13.1 Å². The third kappa shape index (κ3) is 5.17. The average molecular weight is 404 g/mol. The van der Waals surface area contributed by atoms with Gasteiger partial charge in [0, 0.05) is 35.3 Å². The molecule has 3 aromatic carbocycles. The Balaban J connectivity index is 1.63. The summed E-state index contributed by atoms with van der Waals surface area (Å²) in [7, 11) is 3.18. The van der Waals surface area contributed by atoms with E-state index >= 15 is 0 Å². The first kappa shape index (κ1) is 20.9. The summed E-state index contributed by atoms with van der Waals surface area (Å²) in [6.07, 6.45) is 0. The number of ether oxygens (including phenoxy) is 2. The van der Waals surface area contributed by atoms with Crippen LogP contribution >= 0.6 is 0 Å². The number of carbonyl (C=O) groups excluding carboxylic acids is 2. The number of hydrogen-bond donors (Lipinski definition) is 2. The Kier molecular flexibility index (Phi) is 7.05. The summed E-state index contributed by atoms with van der Waals surface area (Å²) in [6, 6.07) is 21.6. The molecule has 6 heteroatoms. The van der Waals surface area contributed by atoms with Gasteiger partial charge in [0.15, 0.2) is 0 Å². The number of rotatable bonds is 8. The third-order valence-electron chi connectivity index (χ3n) is 4.65. The maximum atomic E-state index is 12.6. The van der Waals surface area contributed by atoms with Gasteiger partial charge in [0.25, 0.3) is 11.8 Å². The van der Waals surface area contributed by atoms with Crippen molar-refractivity contribution < 1.29 is 19.1 Å². The fourth-order valence-electron chi connectivity index (χ4n) is 3.05. The topological polar surface area (TPSA) is 76.7 Å². The molecule has 0 atom stereocenters. The van der Waals surface area contributed by atoms with Crippen molar-refractivity contribution in [3.8, 4) is 11.5 Å². The molecular formula is C24H24N2O4. The molecule has 3 aromatic rings. The normalized spacial score (nSPS) is 10.2. The van der Waals surface area contributed by atoms with Gasteiger partial charge in [-0.2, -0.15) is 0 Å². The lowest BCUT2D eigenvalue weighted by Gasteiger charge is -2.11. The second kappa shape index (κ2) is 10.1. The molecule has 3 rings (SSSR count). The molecule has 0 unspecified atom stereocenters. The van der Waals surface area contributed by atoms with Crippen LogP contribution in [0.2, 0.25) is 0 Å². The van der Waals surface area contributed by atoms with Gasteiger partial charge in [0.1, 0.15) is 11.5 Å². The summed E-state index contributed by atoms with van der Waals surface area (Å²) >= 11 is 0. The smallest absolute Gasteiger partial charge is 0.251 e. The number of amides is 2. The minimum Gasteiger partial charge on any atom is -0.496 e. The van der Waals surface area contributed by atoms with E-state index in [1.165, 1.54) is 0 Å². The molecule has 0 saturated carbocycles. The van der Waals surface area contributed by atoms with Crippen LogP contribution in [0.3, 0.4) is 0 Å². The van der Waals surface area contributed by atoms with Gasteiger partial charge in [-0.1, -0.05) is 42.5 Å². The molecule has 0 spiro atoms. The van der Waals surface area contributed by atoms with Gasteiger partial charge in [0.2, 0.25) is 0 Å². The molecule has 0 aromatic heterocycles. The van der Waals surface area contributed by atoms with E-state index in [-0.39, 0.29) is 11.8 Å². The van der Waals surface area contributed by atoms with Crippen LogP contribution in [0.25, 0.3) is 0 Å². The van der Waals surface area contributed by atoms with Crippen molar-refractivity contribution in [3.05, 3.63) is 95.1 Å². The molecule has 154 valence electrons. The maximum absolute atomic E-state index is 12.6. The number of nitrogens with one attached hydrogen (secondary N) is 2. The van der Waals surface area contributed by atoms with Crippen LogP contribution in [0.1, 0.15) is 31.8 Å². The Labute approximate surface area is 175 Å². The Morgan fingerprint density at radius 3 is 1.53 bits per heavy atom. The summed E-state index contributed by atoms with van der Waals surface area (Å²) < 4.78 is 10.6. The quantitative estimate of drug-likeness (QED) is 0.602. The second-order valence-corrected chi connectivity index (χ2v) is 6.57. The van der Waals surface area contributed by atoms with Crippen molar-refractivity contribution in [1.82, 2.24) is 10.6 Å². The molecule has 0 fully saturated rings. The number of para-hydroxylation sites is 2. The number of carbonyl (C=O) groups is 2. The first-order chi connectivity index (χ1) is 14.6. The zero-order chi connectivity index (χ0) is 21.3. The van der Waals surface area contributed by atoms with Crippen LogP contribution in [0.15, 0.2) is 72.8 Å².